The number of piperidine rings is 1. The van der Waals surface area contributed by atoms with Gasteiger partial charge in [0.25, 0.3) is 5.56 Å². The van der Waals surface area contributed by atoms with E-state index in [0.29, 0.717) is 19.1 Å². The molecule has 0 bridgehead atoms. The van der Waals surface area contributed by atoms with E-state index < -0.39 is 0 Å². The molecular weight excluding hydrogens is 424 g/mol. The lowest BCUT2D eigenvalue weighted by Gasteiger charge is -2.35. The van der Waals surface area contributed by atoms with Gasteiger partial charge in [0, 0.05) is 62.1 Å². The van der Waals surface area contributed by atoms with Crippen LogP contribution >= 0.6 is 0 Å². The molecule has 34 heavy (non-hydrogen) atoms. The Morgan fingerprint density at radius 2 is 2.00 bits per heavy atom. The van der Waals surface area contributed by atoms with Crippen molar-refractivity contribution in [3.8, 4) is 0 Å². The van der Waals surface area contributed by atoms with Crippen LogP contribution in [0.1, 0.15) is 56.1 Å². The summed E-state index contributed by atoms with van der Waals surface area (Å²) < 4.78 is 3.95. The number of carbonyl (C=O) groups excluding carboxylic acids is 1. The van der Waals surface area contributed by atoms with Gasteiger partial charge in [0.15, 0.2) is 0 Å². The molecule has 3 heterocycles. The molecule has 2 aromatic heterocycles. The Labute approximate surface area is 201 Å². The molecule has 2 fully saturated rings. The average Bonchev–Trinajstić information content (AvgIpc) is 3.65. The summed E-state index contributed by atoms with van der Waals surface area (Å²) in [4.78, 5) is 28.5. The van der Waals surface area contributed by atoms with Crippen molar-refractivity contribution >= 4 is 16.8 Å². The molecule has 0 radical (unpaired) electrons. The number of pyridine rings is 1. The topological polar surface area (TPSA) is 59.3 Å². The van der Waals surface area contributed by atoms with Gasteiger partial charge in [0.2, 0.25) is 5.91 Å². The molecule has 1 aliphatic carbocycles. The molecule has 2 atom stereocenters. The maximum Gasteiger partial charge on any atom is 0.250 e. The molecule has 3 aromatic rings. The highest BCUT2D eigenvalue weighted by molar-refractivity contribution is 5.85. The zero-order chi connectivity index (χ0) is 23.7. The molecule has 2 aliphatic rings. The second kappa shape index (κ2) is 9.79. The number of amides is 1. The van der Waals surface area contributed by atoms with Crippen molar-refractivity contribution < 1.29 is 4.79 Å². The first-order valence-electron chi connectivity index (χ1n) is 12.8. The summed E-state index contributed by atoms with van der Waals surface area (Å²) in [6, 6.07) is 12.6. The van der Waals surface area contributed by atoms with E-state index in [0.717, 1.165) is 50.8 Å². The van der Waals surface area contributed by atoms with Crippen molar-refractivity contribution in [1.29, 1.82) is 0 Å². The first-order valence-corrected chi connectivity index (χ1v) is 12.8. The normalized spacial score (nSPS) is 20.5. The Hall–Kier alpha value is -2.86. The Morgan fingerprint density at radius 1 is 1.18 bits per heavy atom. The maximum absolute atomic E-state index is 14.0. The van der Waals surface area contributed by atoms with Crippen LogP contribution in [-0.4, -0.2) is 39.1 Å². The van der Waals surface area contributed by atoms with Crippen LogP contribution in [0.3, 0.4) is 0 Å². The largest absolute Gasteiger partial charge is 0.347 e. The van der Waals surface area contributed by atoms with E-state index in [9.17, 15) is 9.59 Å². The Morgan fingerprint density at radius 3 is 2.76 bits per heavy atom. The zero-order valence-corrected chi connectivity index (χ0v) is 20.4. The Balaban J connectivity index is 1.43. The first-order chi connectivity index (χ1) is 16.6. The number of benzene rings is 1. The maximum atomic E-state index is 14.0. The number of nitrogens with one attached hydrogen (secondary N) is 1. The van der Waals surface area contributed by atoms with Gasteiger partial charge in [-0.2, -0.15) is 0 Å². The SMILES string of the molecule is CCCCn1cc(CN(C(=O)C2CNCCC2c2ccn(C)c(=O)c2)C2CC2)c2ccccc21. The fourth-order valence-electron chi connectivity index (χ4n) is 5.44. The minimum absolute atomic E-state index is 0.0128. The van der Waals surface area contributed by atoms with Gasteiger partial charge >= 0.3 is 0 Å². The lowest BCUT2D eigenvalue weighted by Crippen LogP contribution is -2.47. The van der Waals surface area contributed by atoms with Gasteiger partial charge in [-0.1, -0.05) is 31.5 Å². The third-order valence-electron chi connectivity index (χ3n) is 7.59. The molecule has 1 aliphatic heterocycles. The van der Waals surface area contributed by atoms with E-state index in [1.807, 2.05) is 12.3 Å². The van der Waals surface area contributed by atoms with Crippen LogP contribution < -0.4 is 10.9 Å². The minimum Gasteiger partial charge on any atom is -0.347 e. The minimum atomic E-state index is -0.144. The van der Waals surface area contributed by atoms with Gasteiger partial charge < -0.3 is 19.4 Å². The second-order valence-corrected chi connectivity index (χ2v) is 10.0. The Bertz CT molecular complexity index is 1220. The monoisotopic (exact) mass is 460 g/mol. The van der Waals surface area contributed by atoms with Crippen molar-refractivity contribution in [1.82, 2.24) is 19.4 Å². The summed E-state index contributed by atoms with van der Waals surface area (Å²) >= 11 is 0. The number of hydrogen-bond acceptors (Lipinski definition) is 3. The van der Waals surface area contributed by atoms with Crippen LogP contribution in [0, 0.1) is 5.92 Å². The number of para-hydroxylation sites is 1. The molecule has 6 nitrogen and oxygen atoms in total. The molecule has 5 rings (SSSR count). The molecule has 1 saturated carbocycles. The van der Waals surface area contributed by atoms with Gasteiger partial charge in [-0.25, -0.2) is 0 Å². The van der Waals surface area contributed by atoms with Crippen molar-refractivity contribution in [3.63, 3.8) is 0 Å². The van der Waals surface area contributed by atoms with Crippen LogP contribution in [0.5, 0.6) is 0 Å². The van der Waals surface area contributed by atoms with E-state index in [-0.39, 0.29) is 23.3 Å². The number of unbranched alkanes of at least 4 members (excludes halogenated alkanes) is 1. The molecule has 1 amide bonds. The summed E-state index contributed by atoms with van der Waals surface area (Å²) in [5.41, 5.74) is 3.48. The number of rotatable bonds is 8. The highest BCUT2D eigenvalue weighted by Gasteiger charge is 2.40. The predicted octanol–water partition coefficient (Wildman–Crippen LogP) is 4.02. The van der Waals surface area contributed by atoms with E-state index in [1.54, 1.807) is 17.7 Å². The van der Waals surface area contributed by atoms with Crippen LogP contribution in [0.2, 0.25) is 0 Å². The van der Waals surface area contributed by atoms with E-state index in [2.05, 4.69) is 52.2 Å². The van der Waals surface area contributed by atoms with Gasteiger partial charge in [-0.05, 0) is 61.4 Å². The molecule has 180 valence electrons. The fraction of sp³-hybridized carbons (Fsp3) is 0.500. The summed E-state index contributed by atoms with van der Waals surface area (Å²) in [5.74, 6) is 0.162. The quantitative estimate of drug-likeness (QED) is 0.552. The molecular formula is C28H36N4O2. The lowest BCUT2D eigenvalue weighted by molar-refractivity contribution is -0.138. The number of hydrogen-bond donors (Lipinski definition) is 1. The van der Waals surface area contributed by atoms with Crippen molar-refractivity contribution in [2.45, 2.75) is 64.1 Å². The van der Waals surface area contributed by atoms with E-state index in [1.165, 1.54) is 16.5 Å². The van der Waals surface area contributed by atoms with Gasteiger partial charge in [0.1, 0.15) is 0 Å². The first kappa shape index (κ1) is 22.9. The molecule has 2 unspecified atom stereocenters. The van der Waals surface area contributed by atoms with E-state index >= 15 is 0 Å². The molecule has 1 N–H and O–H groups in total. The molecule has 0 spiro atoms. The van der Waals surface area contributed by atoms with Gasteiger partial charge in [0.05, 0.1) is 5.92 Å². The smallest absolute Gasteiger partial charge is 0.250 e. The van der Waals surface area contributed by atoms with Crippen LogP contribution in [-0.2, 0) is 24.9 Å². The number of carbonyl (C=O) groups is 1. The predicted molar refractivity (Wildman–Crippen MR) is 136 cm³/mol. The second-order valence-electron chi connectivity index (χ2n) is 10.0. The summed E-state index contributed by atoms with van der Waals surface area (Å²) in [7, 11) is 1.77. The third-order valence-corrected chi connectivity index (χ3v) is 7.59. The highest BCUT2D eigenvalue weighted by atomic mass is 16.2. The zero-order valence-electron chi connectivity index (χ0n) is 20.4. The van der Waals surface area contributed by atoms with Crippen molar-refractivity contribution in [3.05, 3.63) is 70.3 Å². The number of aromatic nitrogens is 2. The van der Waals surface area contributed by atoms with Crippen LogP contribution in [0.15, 0.2) is 53.6 Å². The number of aryl methyl sites for hydroxylation is 2. The van der Waals surface area contributed by atoms with E-state index in [4.69, 9.17) is 0 Å². The van der Waals surface area contributed by atoms with Crippen molar-refractivity contribution in [2.75, 3.05) is 13.1 Å². The Kier molecular flexibility index (Phi) is 6.59. The summed E-state index contributed by atoms with van der Waals surface area (Å²) in [6.45, 7) is 5.42. The number of fused-ring (bicyclic) bond motifs is 1. The van der Waals surface area contributed by atoms with Crippen molar-refractivity contribution in [2.24, 2.45) is 13.0 Å². The summed E-state index contributed by atoms with van der Waals surface area (Å²) in [6.07, 6.45) is 9.43. The highest BCUT2D eigenvalue weighted by Crippen LogP contribution is 2.36. The standard InChI is InChI=1S/C28H36N4O2/c1-3-4-14-31-18-21(24-7-5-6-8-26(24)31)19-32(22-9-10-22)28(34)25-17-29-13-11-23(25)20-12-15-30(2)27(33)16-20/h5-8,12,15-16,18,22-23,25,29H,3-4,9-11,13-14,17,19H2,1-2H3. The fourth-order valence-corrected chi connectivity index (χ4v) is 5.44. The van der Waals surface area contributed by atoms with Crippen LogP contribution in [0.25, 0.3) is 10.9 Å². The van der Waals surface area contributed by atoms with Gasteiger partial charge in [-0.15, -0.1) is 0 Å². The van der Waals surface area contributed by atoms with Crippen LogP contribution in [0.4, 0.5) is 0 Å². The lowest BCUT2D eigenvalue weighted by atomic mass is 9.80. The third kappa shape index (κ3) is 4.56. The molecule has 1 saturated heterocycles. The summed E-state index contributed by atoms with van der Waals surface area (Å²) in [5, 5.41) is 4.69. The molecule has 6 heteroatoms. The number of nitrogens with zero attached hydrogens (tertiary/aromatic N) is 3. The van der Waals surface area contributed by atoms with Gasteiger partial charge in [-0.3, -0.25) is 9.59 Å². The molecule has 1 aromatic carbocycles. The average molecular weight is 461 g/mol.